The fourth-order valence-electron chi connectivity index (χ4n) is 6.25. The van der Waals surface area contributed by atoms with Gasteiger partial charge in [-0.25, -0.2) is 4.79 Å². The molecule has 0 saturated carbocycles. The van der Waals surface area contributed by atoms with Crippen LogP contribution in [-0.4, -0.2) is 50.8 Å². The van der Waals surface area contributed by atoms with Gasteiger partial charge in [0.1, 0.15) is 0 Å². The zero-order chi connectivity index (χ0) is 44.6. The average molecular weight is 869 g/mol. The van der Waals surface area contributed by atoms with Gasteiger partial charge < -0.3 is 10.2 Å². The minimum Gasteiger partial charge on any atom is -0.478 e. The summed E-state index contributed by atoms with van der Waals surface area (Å²) in [4.78, 5) is 43.2. The number of anilines is 1. The van der Waals surface area contributed by atoms with E-state index in [1.807, 2.05) is 36.4 Å². The number of carbonyl (C=O) groups is 4. The predicted octanol–water partition coefficient (Wildman–Crippen LogP) is 11.0. The first kappa shape index (κ1) is 53.8. The fourth-order valence-corrected chi connectivity index (χ4v) is 6.72. The molecule has 8 nitrogen and oxygen atoms in total. The van der Waals surface area contributed by atoms with E-state index in [1.165, 1.54) is 36.8 Å². The second-order valence-electron chi connectivity index (χ2n) is 15.0. The Morgan fingerprint density at radius 2 is 1.41 bits per heavy atom. The molecule has 0 spiro atoms. The molecule has 0 fully saturated rings. The van der Waals surface area contributed by atoms with Crippen LogP contribution < -0.4 is 5.73 Å². The Kier molecular flexibility index (Phi) is 29.0. The number of allylic oxidation sites excluding steroid dienone is 5. The van der Waals surface area contributed by atoms with Crippen molar-refractivity contribution in [2.24, 2.45) is 17.3 Å². The van der Waals surface area contributed by atoms with Crippen LogP contribution in [0, 0.1) is 17.3 Å². The molecule has 3 aromatic rings. The number of para-hydroxylation sites is 1. The zero-order valence-electron chi connectivity index (χ0n) is 36.4. The second-order valence-corrected chi connectivity index (χ2v) is 15.8. The maximum absolute atomic E-state index is 11.0. The first-order valence-corrected chi connectivity index (χ1v) is 22.0. The number of unbranched alkanes of at least 4 members (excludes halogenated alkanes) is 6. The molecular formula is C50H69GeNO7. The minimum absolute atomic E-state index is 0.0758. The number of aryl methyl sites for hydroxylation is 2. The normalized spacial score (nSPS) is 14.7. The standard InChI is InChI=1S/C15H14O2.C14H22O.C11H20O2.C7H9GeNO2.C3H4/c16-15(17)14-9-5-4-8-13(14)11-10-12-6-2-1-3-7-12;1-10-6-7-11(2)14(4,5)13(10)9-8-12(3)15;1-2-3-4-5-6-7-8-9-10-11(12)13;8-11-7(10)5-3-1-2-4-6(5)9;1-3-2/h1-9H,10-11H2,(H,16,17);6,8-9,11,13H,7H2,1-5H3;2H,1,3-10H2,(H,12,13);1-4H,9H2,8H3;1-2H2/b;9-8+;;;. The largest absolute Gasteiger partial charge is 0.478 e. The van der Waals surface area contributed by atoms with Crippen molar-refractivity contribution in [1.82, 2.24) is 0 Å². The van der Waals surface area contributed by atoms with E-state index in [1.54, 1.807) is 49.4 Å². The van der Waals surface area contributed by atoms with Crippen LogP contribution in [0.4, 0.5) is 5.69 Å². The Hall–Kier alpha value is -5.18. The third-order valence-corrected chi connectivity index (χ3v) is 10.8. The van der Waals surface area contributed by atoms with Crippen molar-refractivity contribution in [3.8, 4) is 0 Å². The van der Waals surface area contributed by atoms with Gasteiger partial charge in [0.15, 0.2) is 5.78 Å². The number of carboxylic acid groups (broad SMARTS) is 2. The van der Waals surface area contributed by atoms with Crippen LogP contribution in [0.2, 0.25) is 0 Å². The molecule has 59 heavy (non-hydrogen) atoms. The first-order valence-electron chi connectivity index (χ1n) is 20.3. The number of carbonyl (C=O) groups excluding carboxylic acids is 2. The van der Waals surface area contributed by atoms with E-state index >= 15 is 0 Å². The topological polar surface area (TPSA) is 144 Å². The van der Waals surface area contributed by atoms with Crippen LogP contribution in [0.25, 0.3) is 0 Å². The SMILES string of the molecule is C=C=C.C=CCCCCCCCCC(=O)O.CC(=O)/C=C/C1C(C)=CCC(C)C1(C)C.Nc1ccccc1C(=O)[O][GeH3].O=C(O)c1ccccc1CCc1ccccc1. The molecule has 2 atom stereocenters. The maximum Gasteiger partial charge on any atom is 0.335 e. The van der Waals surface area contributed by atoms with Crippen LogP contribution in [-0.2, 0) is 26.2 Å². The summed E-state index contributed by atoms with van der Waals surface area (Å²) in [5, 5.41) is 17.4. The van der Waals surface area contributed by atoms with E-state index < -0.39 is 11.9 Å². The van der Waals surface area contributed by atoms with Crippen molar-refractivity contribution >= 4 is 46.2 Å². The molecule has 0 radical (unpaired) electrons. The van der Waals surface area contributed by atoms with Crippen molar-refractivity contribution in [1.29, 1.82) is 0 Å². The summed E-state index contributed by atoms with van der Waals surface area (Å²) < 4.78 is 4.69. The van der Waals surface area contributed by atoms with Crippen molar-refractivity contribution in [3.63, 3.8) is 0 Å². The minimum atomic E-state index is -0.853. The average Bonchev–Trinajstić information content (AvgIpc) is 3.21. The first-order chi connectivity index (χ1) is 28.1. The van der Waals surface area contributed by atoms with Crippen LogP contribution in [0.3, 0.4) is 0 Å². The van der Waals surface area contributed by atoms with E-state index in [0.717, 1.165) is 44.1 Å². The Balaban J connectivity index is 0.000000751. The number of benzene rings is 3. The molecule has 0 saturated heterocycles. The number of nitrogens with two attached hydrogens (primary N) is 1. The van der Waals surface area contributed by atoms with Gasteiger partial charge in [0, 0.05) is 12.3 Å². The molecule has 2 unspecified atom stereocenters. The third-order valence-electron chi connectivity index (χ3n) is 10.1. The molecule has 4 N–H and O–H groups in total. The van der Waals surface area contributed by atoms with Crippen molar-refractivity contribution in [2.45, 2.75) is 105 Å². The van der Waals surface area contributed by atoms with Crippen LogP contribution in [0.1, 0.15) is 124 Å². The third kappa shape index (κ3) is 23.7. The van der Waals surface area contributed by atoms with Crippen molar-refractivity contribution < 1.29 is 33.2 Å². The monoisotopic (exact) mass is 869 g/mol. The van der Waals surface area contributed by atoms with Crippen LogP contribution >= 0.6 is 0 Å². The van der Waals surface area contributed by atoms with E-state index in [2.05, 4.69) is 81.2 Å². The smallest absolute Gasteiger partial charge is 0.335 e. The van der Waals surface area contributed by atoms with Crippen molar-refractivity contribution in [3.05, 3.63) is 156 Å². The van der Waals surface area contributed by atoms with E-state index in [-0.39, 0.29) is 34.0 Å². The van der Waals surface area contributed by atoms with Gasteiger partial charge in [-0.05, 0) is 87.0 Å². The van der Waals surface area contributed by atoms with Crippen molar-refractivity contribution in [2.75, 3.05) is 5.73 Å². The summed E-state index contributed by atoms with van der Waals surface area (Å²) in [6.45, 7) is 20.6. The van der Waals surface area contributed by atoms with Gasteiger partial charge in [-0.3, -0.25) is 9.59 Å². The Morgan fingerprint density at radius 1 is 0.864 bits per heavy atom. The molecular weight excluding hydrogens is 799 g/mol. The molecule has 0 aliphatic heterocycles. The Labute approximate surface area is 362 Å². The molecule has 0 bridgehead atoms. The Morgan fingerprint density at radius 3 is 1.95 bits per heavy atom. The van der Waals surface area contributed by atoms with Gasteiger partial charge in [0.05, 0.1) is 5.56 Å². The quantitative estimate of drug-likeness (QED) is 0.0322. The van der Waals surface area contributed by atoms with E-state index in [0.29, 0.717) is 35.1 Å². The molecule has 0 heterocycles. The van der Waals surface area contributed by atoms with Crippen LogP contribution in [0.15, 0.2) is 134 Å². The molecule has 9 heteroatoms. The van der Waals surface area contributed by atoms with Gasteiger partial charge in [-0.15, -0.1) is 12.3 Å². The molecule has 4 rings (SSSR count). The second kappa shape index (κ2) is 31.8. The molecule has 3 aromatic carbocycles. The molecule has 320 valence electrons. The molecule has 1 aliphatic carbocycles. The summed E-state index contributed by atoms with van der Waals surface area (Å²) in [6, 6.07) is 24.1. The summed E-state index contributed by atoms with van der Waals surface area (Å²) in [7, 11) is 0. The van der Waals surface area contributed by atoms with Gasteiger partial charge in [-0.1, -0.05) is 132 Å². The van der Waals surface area contributed by atoms with Gasteiger partial charge in [-0.2, -0.15) is 0 Å². The summed E-state index contributed by atoms with van der Waals surface area (Å²) in [6.07, 6.45) is 19.0. The van der Waals surface area contributed by atoms with E-state index in [9.17, 15) is 19.2 Å². The molecule has 0 aromatic heterocycles. The van der Waals surface area contributed by atoms with Gasteiger partial charge >= 0.3 is 84.6 Å². The summed E-state index contributed by atoms with van der Waals surface area (Å²) in [5.41, 5.74) is 12.9. The number of rotatable bonds is 16. The number of aliphatic carboxylic acids is 1. The number of aromatic carboxylic acids is 1. The number of carboxylic acids is 2. The zero-order valence-corrected chi connectivity index (χ0v) is 40.6. The predicted molar refractivity (Wildman–Crippen MR) is 248 cm³/mol. The maximum atomic E-state index is 11.0. The number of ketones is 1. The summed E-state index contributed by atoms with van der Waals surface area (Å²) >= 11 is 0.0758. The molecule has 1 aliphatic rings. The number of nitrogen functional groups attached to an aromatic ring is 1. The van der Waals surface area contributed by atoms with Crippen LogP contribution in [0.5, 0.6) is 0 Å². The molecule has 0 amide bonds. The van der Waals surface area contributed by atoms with E-state index in [4.69, 9.17) is 15.9 Å². The number of hydrogen-bond donors (Lipinski definition) is 3. The van der Waals surface area contributed by atoms with Gasteiger partial charge in [0.2, 0.25) is 0 Å². The number of hydrogen-bond acceptors (Lipinski definition) is 6. The Bertz CT molecular complexity index is 1810. The fraction of sp³-hybridized carbons (Fsp3) is 0.380. The summed E-state index contributed by atoms with van der Waals surface area (Å²) in [5.74, 6) is -0.631. The van der Waals surface area contributed by atoms with Gasteiger partial charge in [0.25, 0.3) is 0 Å².